The lowest BCUT2D eigenvalue weighted by Crippen LogP contribution is -2.09. The second-order valence-corrected chi connectivity index (χ2v) is 5.22. The van der Waals surface area contributed by atoms with Crippen LogP contribution in [0.5, 0.6) is 0 Å². The van der Waals surface area contributed by atoms with Crippen LogP contribution in [0.2, 0.25) is 0 Å². The van der Waals surface area contributed by atoms with E-state index in [2.05, 4.69) is 27.7 Å². The molecule has 0 aliphatic heterocycles. The highest BCUT2D eigenvalue weighted by Crippen LogP contribution is 2.21. The van der Waals surface area contributed by atoms with Gasteiger partial charge in [-0.05, 0) is 18.4 Å². The maximum Gasteiger partial charge on any atom is 0.123 e. The van der Waals surface area contributed by atoms with Crippen molar-refractivity contribution in [2.75, 3.05) is 12.0 Å². The molecule has 0 aromatic carbocycles. The first-order valence-electron chi connectivity index (χ1n) is 5.45. The molecule has 0 saturated heterocycles. The van der Waals surface area contributed by atoms with E-state index >= 15 is 0 Å². The minimum absolute atomic E-state index is 0.535. The number of rotatable bonds is 4. The molecule has 0 bridgehead atoms. The fourth-order valence-electron chi connectivity index (χ4n) is 1.67. The van der Waals surface area contributed by atoms with Crippen LogP contribution in [-0.2, 0) is 6.54 Å². The molecule has 2 heterocycles. The van der Waals surface area contributed by atoms with Crippen molar-refractivity contribution < 1.29 is 0 Å². The van der Waals surface area contributed by atoms with Gasteiger partial charge in [-0.3, -0.25) is 0 Å². The third-order valence-corrected chi connectivity index (χ3v) is 3.60. The van der Waals surface area contributed by atoms with Gasteiger partial charge in [-0.15, -0.1) is 0 Å². The highest BCUT2D eigenvalue weighted by molar-refractivity contribution is 7.99. The Morgan fingerprint density at radius 2 is 2.35 bits per heavy atom. The Morgan fingerprint density at radius 3 is 3.06 bits per heavy atom. The number of nitrogen functional groups attached to an aromatic ring is 1. The summed E-state index contributed by atoms with van der Waals surface area (Å²) in [4.78, 5) is 8.21. The molecule has 17 heavy (non-hydrogen) atoms. The van der Waals surface area contributed by atoms with E-state index in [1.165, 1.54) is 0 Å². The molecule has 0 aliphatic rings. The number of nitrogens with two attached hydrogens (primary N) is 1. The van der Waals surface area contributed by atoms with E-state index in [0.717, 1.165) is 17.8 Å². The number of anilines is 1. The summed E-state index contributed by atoms with van der Waals surface area (Å²) in [7, 11) is 0. The second-order valence-electron chi connectivity index (χ2n) is 3.95. The fraction of sp³-hybridized carbons (Fsp3) is 0.333. The molecule has 0 radical (unpaired) electrons. The van der Waals surface area contributed by atoms with Crippen molar-refractivity contribution >= 4 is 17.6 Å². The van der Waals surface area contributed by atoms with Crippen LogP contribution < -0.4 is 5.73 Å². The molecule has 0 aliphatic carbocycles. The van der Waals surface area contributed by atoms with Crippen molar-refractivity contribution in [3.05, 3.63) is 30.9 Å². The largest absolute Gasteiger partial charge is 0.384 e. The molecule has 90 valence electrons. The molecular weight excluding hydrogens is 232 g/mol. The van der Waals surface area contributed by atoms with Gasteiger partial charge < -0.3 is 10.3 Å². The zero-order chi connectivity index (χ0) is 12.3. The number of pyridine rings is 1. The van der Waals surface area contributed by atoms with Crippen LogP contribution in [0.1, 0.15) is 6.92 Å². The normalized spacial score (nSPS) is 12.6. The van der Waals surface area contributed by atoms with Crippen molar-refractivity contribution in [2.45, 2.75) is 18.7 Å². The zero-order valence-corrected chi connectivity index (χ0v) is 10.8. The standard InChI is InChI=1S/C12H16N4S/c1-9(17-2)7-16-8-14-6-11(16)10-3-4-15-12(13)5-10/h3-6,8-9H,7H2,1-2H3,(H2,13,15). The highest BCUT2D eigenvalue weighted by Gasteiger charge is 2.08. The van der Waals surface area contributed by atoms with Crippen LogP contribution >= 0.6 is 11.8 Å². The van der Waals surface area contributed by atoms with E-state index < -0.39 is 0 Å². The average molecular weight is 248 g/mol. The Morgan fingerprint density at radius 1 is 1.53 bits per heavy atom. The highest BCUT2D eigenvalue weighted by atomic mass is 32.2. The molecule has 1 unspecified atom stereocenters. The predicted molar refractivity (Wildman–Crippen MR) is 72.8 cm³/mol. The fourth-order valence-corrected chi connectivity index (χ4v) is 1.98. The Hall–Kier alpha value is -1.49. The van der Waals surface area contributed by atoms with E-state index in [4.69, 9.17) is 5.73 Å². The first-order chi connectivity index (χ1) is 8.20. The van der Waals surface area contributed by atoms with Gasteiger partial charge in [0.2, 0.25) is 0 Å². The lowest BCUT2D eigenvalue weighted by molar-refractivity contribution is 0.698. The first-order valence-corrected chi connectivity index (χ1v) is 6.74. The summed E-state index contributed by atoms with van der Waals surface area (Å²) < 4.78 is 2.15. The Labute approximate surface area is 105 Å². The maximum atomic E-state index is 5.70. The van der Waals surface area contributed by atoms with Gasteiger partial charge in [0, 0.05) is 23.6 Å². The molecule has 0 saturated carbocycles. The molecule has 4 nitrogen and oxygen atoms in total. The first kappa shape index (κ1) is 12.0. The minimum Gasteiger partial charge on any atom is -0.384 e. The van der Waals surface area contributed by atoms with Gasteiger partial charge in [-0.1, -0.05) is 6.92 Å². The monoisotopic (exact) mass is 248 g/mol. The SMILES string of the molecule is CSC(C)Cn1cncc1-c1ccnc(N)c1. The third-order valence-electron chi connectivity index (χ3n) is 2.65. The third kappa shape index (κ3) is 2.79. The van der Waals surface area contributed by atoms with Crippen molar-refractivity contribution in [1.29, 1.82) is 0 Å². The van der Waals surface area contributed by atoms with Crippen molar-refractivity contribution in [3.63, 3.8) is 0 Å². The van der Waals surface area contributed by atoms with Crippen molar-refractivity contribution in [2.24, 2.45) is 0 Å². The molecule has 2 N–H and O–H groups in total. The summed E-state index contributed by atoms with van der Waals surface area (Å²) in [5.74, 6) is 0.535. The van der Waals surface area contributed by atoms with Gasteiger partial charge in [-0.25, -0.2) is 9.97 Å². The van der Waals surface area contributed by atoms with Crippen LogP contribution in [-0.4, -0.2) is 26.0 Å². The molecule has 2 rings (SSSR count). The quantitative estimate of drug-likeness (QED) is 0.902. The zero-order valence-electron chi connectivity index (χ0n) is 10.00. The molecular formula is C12H16N4S. The summed E-state index contributed by atoms with van der Waals surface area (Å²) >= 11 is 1.84. The van der Waals surface area contributed by atoms with Gasteiger partial charge in [0.1, 0.15) is 5.82 Å². The molecule has 0 amide bonds. The molecule has 0 fully saturated rings. The maximum absolute atomic E-state index is 5.70. The predicted octanol–water partition coefficient (Wildman–Crippen LogP) is 2.28. The lowest BCUT2D eigenvalue weighted by atomic mass is 10.2. The Bertz CT molecular complexity index is 495. The second kappa shape index (κ2) is 5.23. The van der Waals surface area contributed by atoms with Gasteiger partial charge in [0.25, 0.3) is 0 Å². The van der Waals surface area contributed by atoms with E-state index in [9.17, 15) is 0 Å². The van der Waals surface area contributed by atoms with Crippen LogP contribution in [0, 0.1) is 0 Å². The molecule has 2 aromatic heterocycles. The van der Waals surface area contributed by atoms with Crippen LogP contribution in [0.15, 0.2) is 30.9 Å². The number of hydrogen-bond acceptors (Lipinski definition) is 4. The Kier molecular flexibility index (Phi) is 3.68. The number of imidazole rings is 1. The number of hydrogen-bond donors (Lipinski definition) is 1. The Balaban J connectivity index is 2.30. The topological polar surface area (TPSA) is 56.7 Å². The molecule has 1 atom stereocenters. The smallest absolute Gasteiger partial charge is 0.123 e. The van der Waals surface area contributed by atoms with Gasteiger partial charge >= 0.3 is 0 Å². The van der Waals surface area contributed by atoms with Gasteiger partial charge in [0.05, 0.1) is 18.2 Å². The lowest BCUT2D eigenvalue weighted by Gasteiger charge is -2.12. The molecule has 0 spiro atoms. The summed E-state index contributed by atoms with van der Waals surface area (Å²) in [6, 6.07) is 3.82. The van der Waals surface area contributed by atoms with E-state index in [1.54, 1.807) is 6.20 Å². The van der Waals surface area contributed by atoms with Crippen molar-refractivity contribution in [3.8, 4) is 11.3 Å². The number of aromatic nitrogens is 3. The average Bonchev–Trinajstić information content (AvgIpc) is 2.77. The summed E-state index contributed by atoms with van der Waals surface area (Å²) in [6.07, 6.45) is 7.56. The van der Waals surface area contributed by atoms with E-state index in [0.29, 0.717) is 11.1 Å². The minimum atomic E-state index is 0.535. The summed E-state index contributed by atoms with van der Waals surface area (Å²) in [6.45, 7) is 3.15. The number of nitrogens with zero attached hydrogens (tertiary/aromatic N) is 3. The van der Waals surface area contributed by atoms with Gasteiger partial charge in [-0.2, -0.15) is 11.8 Å². The van der Waals surface area contributed by atoms with Crippen LogP contribution in [0.3, 0.4) is 0 Å². The van der Waals surface area contributed by atoms with E-state index in [-0.39, 0.29) is 0 Å². The van der Waals surface area contributed by atoms with Crippen LogP contribution in [0.4, 0.5) is 5.82 Å². The summed E-state index contributed by atoms with van der Waals surface area (Å²) in [5.41, 5.74) is 7.84. The van der Waals surface area contributed by atoms with E-state index in [1.807, 2.05) is 36.4 Å². The number of thioether (sulfide) groups is 1. The molecule has 2 aromatic rings. The summed E-state index contributed by atoms with van der Waals surface area (Å²) in [5, 5.41) is 0.558. The van der Waals surface area contributed by atoms with Crippen LogP contribution in [0.25, 0.3) is 11.3 Å². The van der Waals surface area contributed by atoms with Gasteiger partial charge in [0.15, 0.2) is 0 Å². The van der Waals surface area contributed by atoms with Crippen molar-refractivity contribution in [1.82, 2.24) is 14.5 Å². The molecule has 5 heteroatoms.